The molecule has 1 aromatic carbocycles. The average molecular weight is 344 g/mol. The summed E-state index contributed by atoms with van der Waals surface area (Å²) in [6, 6.07) is 9.68. The molecule has 0 saturated carbocycles. The van der Waals surface area contributed by atoms with Crippen LogP contribution in [0.4, 0.5) is 4.79 Å². The normalized spacial score (nSPS) is 19.0. The van der Waals surface area contributed by atoms with Crippen LogP contribution < -0.4 is 10.6 Å². The maximum atomic E-state index is 13.0. The highest BCUT2D eigenvalue weighted by molar-refractivity contribution is 5.95. The molecule has 1 aromatic rings. The standard InChI is InChI=1S/C19H28N4O2/c1-3-5-14-21-17(24)19(12-11-16-9-7-6-8-10-16)13-15-22-23(19)18(25)20-4-2/h6-10,15H,3-5,11-14H2,1-2H3,(H,20,25)(H,21,24). The van der Waals surface area contributed by atoms with Crippen molar-refractivity contribution < 1.29 is 9.59 Å². The van der Waals surface area contributed by atoms with Crippen LogP contribution in [-0.2, 0) is 11.2 Å². The summed E-state index contributed by atoms with van der Waals surface area (Å²) in [7, 11) is 0. The highest BCUT2D eigenvalue weighted by atomic mass is 16.2. The Labute approximate surface area is 149 Å². The van der Waals surface area contributed by atoms with Gasteiger partial charge in [-0.15, -0.1) is 0 Å². The first kappa shape index (κ1) is 19.0. The molecule has 1 atom stereocenters. The van der Waals surface area contributed by atoms with E-state index in [1.54, 1.807) is 6.21 Å². The van der Waals surface area contributed by atoms with Crippen molar-refractivity contribution in [3.05, 3.63) is 35.9 Å². The molecular formula is C19H28N4O2. The number of carbonyl (C=O) groups is 2. The highest BCUT2D eigenvalue weighted by Crippen LogP contribution is 2.30. The first-order valence-electron chi connectivity index (χ1n) is 9.06. The van der Waals surface area contributed by atoms with E-state index in [4.69, 9.17) is 0 Å². The van der Waals surface area contributed by atoms with E-state index in [1.807, 2.05) is 37.3 Å². The second kappa shape index (κ2) is 9.20. The number of unbranched alkanes of at least 4 members (excludes halogenated alkanes) is 1. The third-order valence-electron chi connectivity index (χ3n) is 4.46. The molecule has 0 fully saturated rings. The summed E-state index contributed by atoms with van der Waals surface area (Å²) in [4.78, 5) is 25.4. The fourth-order valence-electron chi connectivity index (χ4n) is 2.99. The molecule has 3 amide bonds. The van der Waals surface area contributed by atoms with Gasteiger partial charge >= 0.3 is 6.03 Å². The maximum Gasteiger partial charge on any atom is 0.338 e. The van der Waals surface area contributed by atoms with E-state index < -0.39 is 5.54 Å². The molecule has 2 rings (SSSR count). The van der Waals surface area contributed by atoms with E-state index in [9.17, 15) is 9.59 Å². The van der Waals surface area contributed by atoms with Gasteiger partial charge in [-0.3, -0.25) is 4.79 Å². The van der Waals surface area contributed by atoms with Gasteiger partial charge in [-0.1, -0.05) is 43.7 Å². The van der Waals surface area contributed by atoms with E-state index in [-0.39, 0.29) is 11.9 Å². The molecule has 0 saturated heterocycles. The molecule has 6 heteroatoms. The molecule has 136 valence electrons. The Balaban J connectivity index is 2.18. The van der Waals surface area contributed by atoms with Gasteiger partial charge in [0, 0.05) is 25.7 Å². The third-order valence-corrected chi connectivity index (χ3v) is 4.46. The number of nitrogens with one attached hydrogen (secondary N) is 2. The quantitative estimate of drug-likeness (QED) is 0.712. The predicted molar refractivity (Wildman–Crippen MR) is 99.4 cm³/mol. The van der Waals surface area contributed by atoms with E-state index in [0.29, 0.717) is 32.4 Å². The van der Waals surface area contributed by atoms with Crippen LogP contribution in [0.25, 0.3) is 0 Å². The van der Waals surface area contributed by atoms with Crippen molar-refractivity contribution in [1.82, 2.24) is 15.6 Å². The van der Waals surface area contributed by atoms with Gasteiger partial charge in [0.05, 0.1) is 0 Å². The fraction of sp³-hybridized carbons (Fsp3) is 0.526. The Morgan fingerprint density at radius 1 is 1.20 bits per heavy atom. The Hall–Kier alpha value is -2.37. The summed E-state index contributed by atoms with van der Waals surface area (Å²) in [5.41, 5.74) is 0.189. The molecule has 6 nitrogen and oxygen atoms in total. The molecule has 1 unspecified atom stereocenters. The van der Waals surface area contributed by atoms with Gasteiger partial charge in [0.2, 0.25) is 5.91 Å². The number of hydrazone groups is 1. The number of rotatable bonds is 8. The first-order chi connectivity index (χ1) is 12.1. The number of urea groups is 1. The number of carbonyl (C=O) groups excluding carboxylic acids is 2. The Morgan fingerprint density at radius 2 is 1.96 bits per heavy atom. The zero-order valence-electron chi connectivity index (χ0n) is 15.1. The molecule has 0 bridgehead atoms. The lowest BCUT2D eigenvalue weighted by atomic mass is 9.87. The SMILES string of the molecule is CCCCNC(=O)C1(CCc2ccccc2)CC=NN1C(=O)NCC. The average Bonchev–Trinajstić information content (AvgIpc) is 3.06. The number of hydrogen-bond acceptors (Lipinski definition) is 3. The van der Waals surface area contributed by atoms with Crippen molar-refractivity contribution in [3.63, 3.8) is 0 Å². The molecule has 1 aliphatic rings. The van der Waals surface area contributed by atoms with Crippen molar-refractivity contribution in [2.24, 2.45) is 5.10 Å². The lowest BCUT2D eigenvalue weighted by Gasteiger charge is -2.35. The minimum Gasteiger partial charge on any atom is -0.354 e. The number of amides is 3. The monoisotopic (exact) mass is 344 g/mol. The number of nitrogens with zero attached hydrogens (tertiary/aromatic N) is 2. The number of aryl methyl sites for hydroxylation is 1. The van der Waals surface area contributed by atoms with Crippen molar-refractivity contribution in [2.45, 2.75) is 51.5 Å². The summed E-state index contributed by atoms with van der Waals surface area (Å²) in [6.07, 6.45) is 5.28. The number of benzene rings is 1. The van der Waals surface area contributed by atoms with Crippen LogP contribution in [0.2, 0.25) is 0 Å². The topological polar surface area (TPSA) is 73.8 Å². The summed E-state index contributed by atoms with van der Waals surface area (Å²) < 4.78 is 0. The van der Waals surface area contributed by atoms with Crippen LogP contribution in [0.1, 0.15) is 45.1 Å². The molecule has 2 N–H and O–H groups in total. The molecule has 25 heavy (non-hydrogen) atoms. The van der Waals surface area contributed by atoms with Gasteiger partial charge in [-0.05, 0) is 31.7 Å². The lowest BCUT2D eigenvalue weighted by Crippen LogP contribution is -2.59. The van der Waals surface area contributed by atoms with Crippen LogP contribution in [0.3, 0.4) is 0 Å². The van der Waals surface area contributed by atoms with Gasteiger partial charge in [-0.2, -0.15) is 10.1 Å². The molecule has 0 aliphatic carbocycles. The molecular weight excluding hydrogens is 316 g/mol. The van der Waals surface area contributed by atoms with Crippen LogP contribution in [0.15, 0.2) is 35.4 Å². The van der Waals surface area contributed by atoms with Crippen LogP contribution in [0, 0.1) is 0 Å². The summed E-state index contributed by atoms with van der Waals surface area (Å²) in [6.45, 7) is 5.05. The van der Waals surface area contributed by atoms with Gasteiger partial charge in [0.25, 0.3) is 0 Å². The van der Waals surface area contributed by atoms with Gasteiger partial charge in [0.1, 0.15) is 0 Å². The Kier molecular flexibility index (Phi) is 6.98. The fourth-order valence-corrected chi connectivity index (χ4v) is 2.99. The van der Waals surface area contributed by atoms with E-state index in [1.165, 1.54) is 5.01 Å². The maximum absolute atomic E-state index is 13.0. The van der Waals surface area contributed by atoms with Crippen molar-refractivity contribution in [1.29, 1.82) is 0 Å². The first-order valence-corrected chi connectivity index (χ1v) is 9.06. The second-order valence-corrected chi connectivity index (χ2v) is 6.28. The number of hydrogen-bond donors (Lipinski definition) is 2. The van der Waals surface area contributed by atoms with Gasteiger partial charge in [0.15, 0.2) is 5.54 Å². The molecule has 1 heterocycles. The molecule has 0 aromatic heterocycles. The van der Waals surface area contributed by atoms with Crippen LogP contribution in [-0.4, -0.2) is 41.8 Å². The Morgan fingerprint density at radius 3 is 2.64 bits per heavy atom. The minimum absolute atomic E-state index is 0.124. The summed E-state index contributed by atoms with van der Waals surface area (Å²) >= 11 is 0. The van der Waals surface area contributed by atoms with Crippen molar-refractivity contribution in [3.8, 4) is 0 Å². The largest absolute Gasteiger partial charge is 0.354 e. The summed E-state index contributed by atoms with van der Waals surface area (Å²) in [5.74, 6) is -0.124. The van der Waals surface area contributed by atoms with E-state index in [0.717, 1.165) is 18.4 Å². The van der Waals surface area contributed by atoms with Gasteiger partial charge in [-0.25, -0.2) is 4.79 Å². The van der Waals surface area contributed by atoms with Crippen molar-refractivity contribution >= 4 is 18.2 Å². The molecule has 0 spiro atoms. The molecule has 0 radical (unpaired) electrons. The second-order valence-electron chi connectivity index (χ2n) is 6.28. The van der Waals surface area contributed by atoms with E-state index in [2.05, 4.69) is 22.7 Å². The summed E-state index contributed by atoms with van der Waals surface area (Å²) in [5, 5.41) is 11.3. The zero-order chi connectivity index (χ0) is 18.1. The third kappa shape index (κ3) is 4.59. The van der Waals surface area contributed by atoms with E-state index >= 15 is 0 Å². The highest BCUT2D eigenvalue weighted by Gasteiger charge is 2.48. The predicted octanol–water partition coefficient (Wildman–Crippen LogP) is 2.70. The lowest BCUT2D eigenvalue weighted by molar-refractivity contribution is -0.131. The van der Waals surface area contributed by atoms with Crippen LogP contribution >= 0.6 is 0 Å². The Bertz CT molecular complexity index is 603. The van der Waals surface area contributed by atoms with Gasteiger partial charge < -0.3 is 10.6 Å². The smallest absolute Gasteiger partial charge is 0.338 e. The zero-order valence-corrected chi connectivity index (χ0v) is 15.1. The van der Waals surface area contributed by atoms with Crippen LogP contribution in [0.5, 0.6) is 0 Å². The van der Waals surface area contributed by atoms with Crippen molar-refractivity contribution in [2.75, 3.05) is 13.1 Å². The minimum atomic E-state index is -0.956. The molecule has 1 aliphatic heterocycles.